The van der Waals surface area contributed by atoms with Gasteiger partial charge in [0.1, 0.15) is 14.3 Å². The van der Waals surface area contributed by atoms with Crippen LogP contribution in [0, 0.1) is 0 Å². The summed E-state index contributed by atoms with van der Waals surface area (Å²) in [4.78, 5) is 0.387. The molecule has 1 rings (SSSR count). The summed E-state index contributed by atoms with van der Waals surface area (Å²) in [7, 11) is 3.70. The van der Waals surface area contributed by atoms with Crippen LogP contribution < -0.4 is 0 Å². The lowest BCUT2D eigenvalue weighted by atomic mass is 10.7. The molecule has 1 nitrogen and oxygen atoms in total. The van der Waals surface area contributed by atoms with Gasteiger partial charge in [-0.1, -0.05) is 23.2 Å². The molecule has 0 aliphatic carbocycles. The smallest absolute Gasteiger partial charge is 0.150 e. The number of thiophene rings is 1. The third kappa shape index (κ3) is 1.86. The summed E-state index contributed by atoms with van der Waals surface area (Å²) < 4.78 is 11.5. The molecule has 0 aromatic carbocycles. The van der Waals surface area contributed by atoms with Gasteiger partial charge in [-0.25, -0.2) is 4.21 Å². The first-order chi connectivity index (χ1) is 4.61. The molecule has 0 amide bonds. The molecule has 10 heavy (non-hydrogen) atoms. The molecular weight excluding hydrogens is 235 g/mol. The van der Waals surface area contributed by atoms with E-state index in [0.29, 0.717) is 13.6 Å². The van der Waals surface area contributed by atoms with E-state index < -0.39 is 10.0 Å². The van der Waals surface area contributed by atoms with Crippen LogP contribution in [0.1, 0.15) is 0 Å². The Hall–Kier alpha value is 0.720. The van der Waals surface area contributed by atoms with Gasteiger partial charge in [-0.15, -0.1) is 11.3 Å². The molecule has 0 fully saturated rings. The molecule has 0 spiro atoms. The molecule has 56 valence electrons. The Labute approximate surface area is 78.9 Å². The highest BCUT2D eigenvalue weighted by Gasteiger charge is 2.09. The number of halogens is 3. The van der Waals surface area contributed by atoms with Gasteiger partial charge in [-0.3, -0.25) is 0 Å². The minimum Gasteiger partial charge on any atom is -0.237 e. The molecule has 0 radical (unpaired) electrons. The summed E-state index contributed by atoms with van der Waals surface area (Å²) in [5, 5.41) is 0. The molecule has 0 bridgehead atoms. The molecule has 6 heteroatoms. The zero-order chi connectivity index (χ0) is 7.72. The van der Waals surface area contributed by atoms with Crippen LogP contribution in [0.2, 0.25) is 8.67 Å². The first-order valence-corrected chi connectivity index (χ1v) is 5.69. The summed E-state index contributed by atoms with van der Waals surface area (Å²) in [5.74, 6) is 0. The quantitative estimate of drug-likeness (QED) is 0.683. The molecule has 1 unspecified atom stereocenters. The predicted molar refractivity (Wildman–Crippen MR) is 46.6 cm³/mol. The van der Waals surface area contributed by atoms with Crippen LogP contribution in [-0.4, -0.2) is 4.21 Å². The summed E-state index contributed by atoms with van der Waals surface area (Å²) in [6.07, 6.45) is 0. The molecular formula is C4HCl3OS2. The molecule has 0 aliphatic rings. The Bertz CT molecular complexity index is 269. The van der Waals surface area contributed by atoms with Crippen LogP contribution in [0.3, 0.4) is 0 Å². The van der Waals surface area contributed by atoms with E-state index >= 15 is 0 Å². The van der Waals surface area contributed by atoms with Gasteiger partial charge in [0.2, 0.25) is 0 Å². The Morgan fingerprint density at radius 1 is 1.50 bits per heavy atom. The average molecular weight is 236 g/mol. The molecule has 1 heterocycles. The first-order valence-electron chi connectivity index (χ1n) is 2.14. The van der Waals surface area contributed by atoms with Crippen LogP contribution in [-0.2, 0) is 10.0 Å². The lowest BCUT2D eigenvalue weighted by molar-refractivity contribution is 0.691. The van der Waals surface area contributed by atoms with E-state index in [1.807, 2.05) is 0 Å². The van der Waals surface area contributed by atoms with Crippen molar-refractivity contribution in [2.45, 2.75) is 4.90 Å². The summed E-state index contributed by atoms with van der Waals surface area (Å²) in [6, 6.07) is 1.50. The van der Waals surface area contributed by atoms with Crippen molar-refractivity contribution in [1.82, 2.24) is 0 Å². The fourth-order valence-corrected chi connectivity index (χ4v) is 3.36. The van der Waals surface area contributed by atoms with Crippen molar-refractivity contribution in [2.75, 3.05) is 0 Å². The maximum Gasteiger partial charge on any atom is 0.150 e. The van der Waals surface area contributed by atoms with Crippen LogP contribution >= 0.6 is 45.2 Å². The maximum absolute atomic E-state index is 10.6. The third-order valence-electron chi connectivity index (χ3n) is 0.798. The van der Waals surface area contributed by atoms with E-state index in [0.717, 1.165) is 11.3 Å². The topological polar surface area (TPSA) is 17.1 Å². The molecule has 0 aliphatic heterocycles. The molecule has 0 saturated carbocycles. The molecule has 1 atom stereocenters. The Kier molecular flexibility index (Phi) is 3.01. The van der Waals surface area contributed by atoms with E-state index in [1.165, 1.54) is 6.07 Å². The monoisotopic (exact) mass is 234 g/mol. The third-order valence-corrected chi connectivity index (χ3v) is 3.69. The molecule has 1 aromatic rings. The number of rotatable bonds is 1. The van der Waals surface area contributed by atoms with Gasteiger partial charge >= 0.3 is 0 Å². The van der Waals surface area contributed by atoms with E-state index in [1.54, 1.807) is 0 Å². The second kappa shape index (κ2) is 3.41. The largest absolute Gasteiger partial charge is 0.237 e. The highest BCUT2D eigenvalue weighted by Crippen LogP contribution is 2.34. The van der Waals surface area contributed by atoms with Crippen LogP contribution in [0.15, 0.2) is 11.0 Å². The highest BCUT2D eigenvalue weighted by molar-refractivity contribution is 8.08. The highest BCUT2D eigenvalue weighted by atomic mass is 35.7. The summed E-state index contributed by atoms with van der Waals surface area (Å²) in [6.45, 7) is 0. The second-order valence-electron chi connectivity index (χ2n) is 1.41. The normalized spacial score (nSPS) is 13.5. The Morgan fingerprint density at radius 2 is 2.10 bits per heavy atom. The van der Waals surface area contributed by atoms with Gasteiger partial charge in [-0.05, 0) is 16.7 Å². The Morgan fingerprint density at radius 3 is 2.30 bits per heavy atom. The van der Waals surface area contributed by atoms with E-state index in [9.17, 15) is 4.21 Å². The van der Waals surface area contributed by atoms with Gasteiger partial charge in [-0.2, -0.15) is 0 Å². The minimum atomic E-state index is -1.55. The zero-order valence-electron chi connectivity index (χ0n) is 4.44. The molecule has 1 aromatic heterocycles. The molecule has 0 N–H and O–H groups in total. The van der Waals surface area contributed by atoms with Crippen molar-refractivity contribution >= 4 is 55.2 Å². The van der Waals surface area contributed by atoms with Crippen molar-refractivity contribution in [2.24, 2.45) is 0 Å². The van der Waals surface area contributed by atoms with Gasteiger partial charge in [0.15, 0.2) is 0 Å². The van der Waals surface area contributed by atoms with Crippen molar-refractivity contribution in [3.8, 4) is 0 Å². The molecule has 0 saturated heterocycles. The first kappa shape index (κ1) is 8.81. The van der Waals surface area contributed by atoms with E-state index in [-0.39, 0.29) is 0 Å². The fraction of sp³-hybridized carbons (Fsp3) is 0. The van der Waals surface area contributed by atoms with Crippen LogP contribution in [0.5, 0.6) is 0 Å². The Balaban J connectivity index is 3.15. The summed E-state index contributed by atoms with van der Waals surface area (Å²) in [5.41, 5.74) is 0. The number of hydrogen-bond donors (Lipinski definition) is 0. The number of hydrogen-bond acceptors (Lipinski definition) is 2. The van der Waals surface area contributed by atoms with Crippen molar-refractivity contribution in [3.05, 3.63) is 14.7 Å². The van der Waals surface area contributed by atoms with Crippen molar-refractivity contribution in [1.29, 1.82) is 0 Å². The van der Waals surface area contributed by atoms with Gasteiger partial charge < -0.3 is 0 Å². The van der Waals surface area contributed by atoms with Crippen molar-refractivity contribution in [3.63, 3.8) is 0 Å². The predicted octanol–water partition coefficient (Wildman–Crippen LogP) is 3.32. The van der Waals surface area contributed by atoms with Crippen LogP contribution in [0.25, 0.3) is 0 Å². The lowest BCUT2D eigenvalue weighted by Crippen LogP contribution is -1.74. The minimum absolute atomic E-state index is 0.387. The van der Waals surface area contributed by atoms with E-state index in [2.05, 4.69) is 0 Å². The van der Waals surface area contributed by atoms with Gasteiger partial charge in [0.25, 0.3) is 0 Å². The second-order valence-corrected chi connectivity index (χ2v) is 5.43. The van der Waals surface area contributed by atoms with E-state index in [4.69, 9.17) is 33.9 Å². The fourth-order valence-electron chi connectivity index (χ4n) is 0.435. The maximum atomic E-state index is 10.6. The summed E-state index contributed by atoms with van der Waals surface area (Å²) >= 11 is 12.3. The van der Waals surface area contributed by atoms with Crippen LogP contribution in [0.4, 0.5) is 0 Å². The van der Waals surface area contributed by atoms with Gasteiger partial charge in [0.05, 0.1) is 9.23 Å². The van der Waals surface area contributed by atoms with Crippen molar-refractivity contribution < 1.29 is 4.21 Å². The standard InChI is InChI=1S/C4HCl3OS2/c5-3-1-2(10(7)8)4(6)9-3/h1H. The zero-order valence-corrected chi connectivity index (χ0v) is 8.34. The van der Waals surface area contributed by atoms with Gasteiger partial charge in [0, 0.05) is 0 Å². The average Bonchev–Trinajstić information content (AvgIpc) is 2.10. The lowest BCUT2D eigenvalue weighted by Gasteiger charge is -1.84. The SMILES string of the molecule is O=S(Cl)c1cc(Cl)sc1Cl.